The van der Waals surface area contributed by atoms with Gasteiger partial charge < -0.3 is 14.2 Å². The Morgan fingerprint density at radius 1 is 0.280 bits per heavy atom. The van der Waals surface area contributed by atoms with Gasteiger partial charge in [0.2, 0.25) is 0 Å². The fourth-order valence-electron chi connectivity index (χ4n) is 8.83. The first kappa shape index (κ1) is 71.3. The van der Waals surface area contributed by atoms with Crippen LogP contribution in [0.2, 0.25) is 0 Å². The summed E-state index contributed by atoms with van der Waals surface area (Å²) < 4.78 is 16.9. The zero-order chi connectivity index (χ0) is 54.3. The van der Waals surface area contributed by atoms with Gasteiger partial charge in [0.05, 0.1) is 0 Å². The summed E-state index contributed by atoms with van der Waals surface area (Å²) in [5.41, 5.74) is 0. The van der Waals surface area contributed by atoms with Crippen molar-refractivity contribution in [1.82, 2.24) is 0 Å². The van der Waals surface area contributed by atoms with Gasteiger partial charge in [-0.1, -0.05) is 279 Å². The fourth-order valence-corrected chi connectivity index (χ4v) is 8.83. The van der Waals surface area contributed by atoms with Crippen molar-refractivity contribution in [2.75, 3.05) is 13.2 Å². The van der Waals surface area contributed by atoms with E-state index in [-0.39, 0.29) is 31.1 Å². The van der Waals surface area contributed by atoms with Crippen LogP contribution in [-0.4, -0.2) is 37.2 Å². The van der Waals surface area contributed by atoms with Gasteiger partial charge in [0.25, 0.3) is 0 Å². The molecular weight excluding hydrogens is 925 g/mol. The number of ether oxygens (including phenoxy) is 3. The third-order valence-electron chi connectivity index (χ3n) is 13.6. The van der Waals surface area contributed by atoms with Crippen LogP contribution in [0.5, 0.6) is 0 Å². The molecule has 1 unspecified atom stereocenters. The summed E-state index contributed by atoms with van der Waals surface area (Å²) in [6, 6.07) is 0. The second-order valence-corrected chi connectivity index (χ2v) is 20.9. The van der Waals surface area contributed by atoms with Crippen molar-refractivity contribution < 1.29 is 28.6 Å². The molecule has 0 rings (SSSR count). The van der Waals surface area contributed by atoms with E-state index in [1.165, 1.54) is 148 Å². The molecule has 0 N–H and O–H groups in total. The van der Waals surface area contributed by atoms with E-state index in [4.69, 9.17) is 14.2 Å². The van der Waals surface area contributed by atoms with Crippen LogP contribution < -0.4 is 0 Å². The van der Waals surface area contributed by atoms with Crippen molar-refractivity contribution in [1.29, 1.82) is 0 Å². The van der Waals surface area contributed by atoms with Gasteiger partial charge in [0.15, 0.2) is 6.10 Å². The van der Waals surface area contributed by atoms with Crippen LogP contribution in [0.15, 0.2) is 97.2 Å². The van der Waals surface area contributed by atoms with Crippen molar-refractivity contribution >= 4 is 17.9 Å². The molecule has 0 aromatic heterocycles. The molecule has 0 amide bonds. The quantitative estimate of drug-likeness (QED) is 0.0261. The molecule has 0 bridgehead atoms. The van der Waals surface area contributed by atoms with E-state index in [9.17, 15) is 14.4 Å². The largest absolute Gasteiger partial charge is 0.462 e. The van der Waals surface area contributed by atoms with Gasteiger partial charge in [-0.2, -0.15) is 0 Å². The van der Waals surface area contributed by atoms with Gasteiger partial charge in [-0.05, 0) is 103 Å². The Balaban J connectivity index is 4.28. The number of esters is 3. The molecule has 0 fully saturated rings. The molecule has 0 heterocycles. The molecule has 0 spiro atoms. The predicted octanol–water partition coefficient (Wildman–Crippen LogP) is 21.7. The zero-order valence-corrected chi connectivity index (χ0v) is 49.3. The summed E-state index contributed by atoms with van der Waals surface area (Å²) in [7, 11) is 0. The maximum absolute atomic E-state index is 12.9. The van der Waals surface area contributed by atoms with E-state index >= 15 is 0 Å². The first-order chi connectivity index (χ1) is 37.0. The van der Waals surface area contributed by atoms with E-state index in [1.807, 2.05) is 0 Å². The Bertz CT molecular complexity index is 1480. The van der Waals surface area contributed by atoms with E-state index in [0.717, 1.165) is 116 Å². The lowest BCUT2D eigenvalue weighted by molar-refractivity contribution is -0.167. The van der Waals surface area contributed by atoms with Gasteiger partial charge in [-0.25, -0.2) is 0 Å². The average Bonchev–Trinajstić information content (AvgIpc) is 3.41. The molecule has 0 aliphatic carbocycles. The van der Waals surface area contributed by atoms with E-state index in [2.05, 4.69) is 118 Å². The van der Waals surface area contributed by atoms with Crippen molar-refractivity contribution in [3.63, 3.8) is 0 Å². The maximum Gasteiger partial charge on any atom is 0.306 e. The summed E-state index contributed by atoms with van der Waals surface area (Å²) in [6.07, 6.45) is 84.1. The van der Waals surface area contributed by atoms with Gasteiger partial charge in [0.1, 0.15) is 13.2 Å². The van der Waals surface area contributed by atoms with Crippen molar-refractivity contribution in [2.45, 2.75) is 309 Å². The van der Waals surface area contributed by atoms with Crippen LogP contribution in [0, 0.1) is 0 Å². The Hall–Kier alpha value is -3.67. The average molecular weight is 1040 g/mol. The molecule has 6 heteroatoms. The van der Waals surface area contributed by atoms with E-state index in [1.54, 1.807) is 0 Å². The van der Waals surface area contributed by atoms with Gasteiger partial charge in [0, 0.05) is 19.3 Å². The lowest BCUT2D eigenvalue weighted by Gasteiger charge is -2.18. The van der Waals surface area contributed by atoms with Crippen LogP contribution in [0.3, 0.4) is 0 Å². The highest BCUT2D eigenvalue weighted by atomic mass is 16.6. The number of unbranched alkanes of at least 4 members (excludes halogenated alkanes) is 30. The van der Waals surface area contributed by atoms with E-state index in [0.29, 0.717) is 19.3 Å². The molecule has 430 valence electrons. The third kappa shape index (κ3) is 61.1. The van der Waals surface area contributed by atoms with Crippen molar-refractivity contribution in [3.05, 3.63) is 97.2 Å². The van der Waals surface area contributed by atoms with Crippen molar-refractivity contribution in [2.24, 2.45) is 0 Å². The minimum Gasteiger partial charge on any atom is -0.462 e. The smallest absolute Gasteiger partial charge is 0.306 e. The normalized spacial score (nSPS) is 12.7. The van der Waals surface area contributed by atoms with Crippen LogP contribution in [-0.2, 0) is 28.6 Å². The number of rotatable bonds is 57. The maximum atomic E-state index is 12.9. The highest BCUT2D eigenvalue weighted by Gasteiger charge is 2.19. The lowest BCUT2D eigenvalue weighted by atomic mass is 10.0. The summed E-state index contributed by atoms with van der Waals surface area (Å²) in [5.74, 6) is -0.888. The molecule has 1 atom stereocenters. The highest BCUT2D eigenvalue weighted by molar-refractivity contribution is 5.71. The SMILES string of the molecule is CC/C=C\C/C=C\C/C=C\C/C=C\C/C=C\CCCCCCCCCCCCCC(=O)OCC(COC(=O)CCCCCCCCCCCCC)OC(=O)CCCCCCCC/C=C\C/C=C\C/C=C\CCCCC. The van der Waals surface area contributed by atoms with Crippen molar-refractivity contribution in [3.8, 4) is 0 Å². The van der Waals surface area contributed by atoms with Crippen LogP contribution >= 0.6 is 0 Å². The molecule has 0 aromatic rings. The Labute approximate surface area is 464 Å². The Morgan fingerprint density at radius 2 is 0.520 bits per heavy atom. The molecule has 6 nitrogen and oxygen atoms in total. The summed E-state index contributed by atoms with van der Waals surface area (Å²) >= 11 is 0. The Kier molecular flexibility index (Phi) is 59.8. The first-order valence-corrected chi connectivity index (χ1v) is 31.7. The molecule has 0 aromatic carbocycles. The number of allylic oxidation sites excluding steroid dienone is 16. The van der Waals surface area contributed by atoms with Gasteiger partial charge in [-0.15, -0.1) is 0 Å². The zero-order valence-electron chi connectivity index (χ0n) is 49.3. The monoisotopic (exact) mass is 1040 g/mol. The third-order valence-corrected chi connectivity index (χ3v) is 13.6. The second kappa shape index (κ2) is 62.9. The lowest BCUT2D eigenvalue weighted by Crippen LogP contribution is -2.30. The standard InChI is InChI=1S/C69H118O6/c1-4-7-10-13-16-19-22-24-26-28-30-31-32-33-34-35-36-37-39-40-42-44-47-50-53-56-59-62-68(71)74-65-66(64-73-67(70)61-58-55-52-49-46-21-18-15-12-9-6-3)75-69(72)63-60-57-54-51-48-45-43-41-38-29-27-25-23-20-17-14-11-8-5-2/h7,10,16-17,19-20,24-27,30-31,33-34,38,41,66H,4-6,8-9,11-15,18,21-23,28-29,32,35-37,39-40,42-65H2,1-3H3/b10-7-,19-16-,20-17-,26-24-,27-25-,31-30-,34-33-,41-38-. The Morgan fingerprint density at radius 3 is 0.840 bits per heavy atom. The minimum absolute atomic E-state index is 0.0811. The molecule has 75 heavy (non-hydrogen) atoms. The summed E-state index contributed by atoms with van der Waals surface area (Å²) in [6.45, 7) is 6.50. The number of carbonyl (C=O) groups excluding carboxylic acids is 3. The van der Waals surface area contributed by atoms with E-state index < -0.39 is 6.10 Å². The minimum atomic E-state index is -0.785. The fraction of sp³-hybridized carbons (Fsp3) is 0.725. The first-order valence-electron chi connectivity index (χ1n) is 31.7. The van der Waals surface area contributed by atoms with Crippen LogP contribution in [0.1, 0.15) is 303 Å². The number of hydrogen-bond acceptors (Lipinski definition) is 6. The summed E-state index contributed by atoms with van der Waals surface area (Å²) in [4.78, 5) is 38.2. The highest BCUT2D eigenvalue weighted by Crippen LogP contribution is 2.16. The topological polar surface area (TPSA) is 78.9 Å². The molecule has 0 saturated carbocycles. The second-order valence-electron chi connectivity index (χ2n) is 20.9. The number of hydrogen-bond donors (Lipinski definition) is 0. The predicted molar refractivity (Wildman–Crippen MR) is 325 cm³/mol. The molecule has 0 aliphatic rings. The van der Waals surface area contributed by atoms with Crippen LogP contribution in [0.25, 0.3) is 0 Å². The van der Waals surface area contributed by atoms with Gasteiger partial charge >= 0.3 is 17.9 Å². The molecule has 0 radical (unpaired) electrons. The molecule has 0 aliphatic heterocycles. The van der Waals surface area contributed by atoms with Gasteiger partial charge in [-0.3, -0.25) is 14.4 Å². The summed E-state index contributed by atoms with van der Waals surface area (Å²) in [5, 5.41) is 0. The number of carbonyl (C=O) groups is 3. The molecular formula is C69H118O6. The van der Waals surface area contributed by atoms with Crippen LogP contribution in [0.4, 0.5) is 0 Å². The molecule has 0 saturated heterocycles.